The van der Waals surface area contributed by atoms with Crippen LogP contribution in [0.4, 0.5) is 0 Å². The zero-order valence-corrected chi connectivity index (χ0v) is 33.4. The number of hydrogen-bond donors (Lipinski definition) is 0. The van der Waals surface area contributed by atoms with Gasteiger partial charge in [-0.15, -0.1) is 0 Å². The van der Waals surface area contributed by atoms with Gasteiger partial charge in [-0.25, -0.2) is 9.97 Å². The summed E-state index contributed by atoms with van der Waals surface area (Å²) in [7, 11) is 0. The molecule has 286 valence electrons. The fourth-order valence-corrected chi connectivity index (χ4v) is 8.61. The summed E-state index contributed by atoms with van der Waals surface area (Å²) >= 11 is 0. The molecule has 11 rings (SSSR count). The molecule has 0 atom stereocenters. The summed E-state index contributed by atoms with van der Waals surface area (Å²) in [5, 5.41) is 2.14. The van der Waals surface area contributed by atoms with E-state index in [4.69, 9.17) is 9.97 Å². The van der Waals surface area contributed by atoms with Gasteiger partial charge in [0.25, 0.3) is 0 Å². The molecule has 11 aromatic rings. The van der Waals surface area contributed by atoms with Gasteiger partial charge in [-0.1, -0.05) is 188 Å². The van der Waals surface area contributed by atoms with E-state index in [0.717, 1.165) is 66.7 Å². The number of para-hydroxylation sites is 2. The average Bonchev–Trinajstić information content (AvgIpc) is 3.69. The molecule has 0 aliphatic heterocycles. The second-order valence-corrected chi connectivity index (χ2v) is 15.4. The Balaban J connectivity index is 1.06. The van der Waals surface area contributed by atoms with E-state index in [0.29, 0.717) is 5.82 Å². The van der Waals surface area contributed by atoms with Crippen LogP contribution < -0.4 is 0 Å². The Kier molecular flexibility index (Phi) is 9.18. The summed E-state index contributed by atoms with van der Waals surface area (Å²) in [5.41, 5.74) is 17.6. The van der Waals surface area contributed by atoms with Crippen molar-refractivity contribution in [3.8, 4) is 84.0 Å². The zero-order chi connectivity index (χ0) is 40.5. The fourth-order valence-electron chi connectivity index (χ4n) is 8.61. The summed E-state index contributed by atoms with van der Waals surface area (Å²) in [6, 6.07) is 84.0. The molecule has 61 heavy (non-hydrogen) atoms. The van der Waals surface area contributed by atoms with Crippen LogP contribution in [0.5, 0.6) is 0 Å². The molecule has 0 unspecified atom stereocenters. The van der Waals surface area contributed by atoms with Gasteiger partial charge in [0.15, 0.2) is 5.82 Å². The summed E-state index contributed by atoms with van der Waals surface area (Å²) in [6.07, 6.45) is 0. The van der Waals surface area contributed by atoms with E-state index in [2.05, 4.69) is 241 Å². The van der Waals surface area contributed by atoms with Crippen LogP contribution in [0.15, 0.2) is 237 Å². The first-order valence-corrected chi connectivity index (χ1v) is 20.7. The van der Waals surface area contributed by atoms with Crippen LogP contribution >= 0.6 is 0 Å². The summed E-state index contributed by atoms with van der Waals surface area (Å²) in [5.74, 6) is 0.674. The third kappa shape index (κ3) is 6.88. The highest BCUT2D eigenvalue weighted by Gasteiger charge is 2.21. The molecule has 0 saturated carbocycles. The fraction of sp³-hybridized carbons (Fsp3) is 0. The Hall–Kier alpha value is -8.14. The minimum atomic E-state index is 0.674. The maximum absolute atomic E-state index is 5.51. The molecule has 0 aliphatic carbocycles. The molecular formula is C58H39N3. The monoisotopic (exact) mass is 777 g/mol. The van der Waals surface area contributed by atoms with Crippen molar-refractivity contribution in [1.82, 2.24) is 14.5 Å². The number of hydrogen-bond acceptors (Lipinski definition) is 2. The van der Waals surface area contributed by atoms with Gasteiger partial charge in [-0.3, -0.25) is 4.57 Å². The highest BCUT2D eigenvalue weighted by Crippen LogP contribution is 2.40. The van der Waals surface area contributed by atoms with Gasteiger partial charge in [0.1, 0.15) is 5.65 Å². The minimum Gasteiger partial charge on any atom is -0.294 e. The molecule has 3 nitrogen and oxygen atoms in total. The molecule has 2 heterocycles. The van der Waals surface area contributed by atoms with E-state index in [1.807, 2.05) is 0 Å². The maximum Gasteiger partial charge on any atom is 0.162 e. The van der Waals surface area contributed by atoms with Crippen molar-refractivity contribution in [2.24, 2.45) is 0 Å². The Morgan fingerprint density at radius 2 is 0.639 bits per heavy atom. The average molecular weight is 778 g/mol. The van der Waals surface area contributed by atoms with Crippen molar-refractivity contribution >= 4 is 21.9 Å². The van der Waals surface area contributed by atoms with Crippen molar-refractivity contribution in [3.05, 3.63) is 237 Å². The molecule has 0 radical (unpaired) electrons. The molecule has 0 spiro atoms. The lowest BCUT2D eigenvalue weighted by molar-refractivity contribution is 1.11. The van der Waals surface area contributed by atoms with Crippen LogP contribution in [0.2, 0.25) is 0 Å². The standard InChI is InChI=1S/C58H39N3/c1-4-17-40(18-5-1)42-21-12-23-44(35-42)46-25-14-26-47(37-46)49-28-16-30-51(39-49)57-59-56(55-53-33-10-11-34-54(53)61(58(55)60-57)52-31-8-3-9-32-52)50-29-15-27-48(38-50)45-24-13-22-43(36-45)41-19-6-2-7-20-41/h1-39H. The molecule has 0 aliphatic rings. The van der Waals surface area contributed by atoms with E-state index >= 15 is 0 Å². The summed E-state index contributed by atoms with van der Waals surface area (Å²) < 4.78 is 2.28. The summed E-state index contributed by atoms with van der Waals surface area (Å²) in [4.78, 5) is 11.0. The van der Waals surface area contributed by atoms with Gasteiger partial charge < -0.3 is 0 Å². The van der Waals surface area contributed by atoms with Crippen LogP contribution in [0, 0.1) is 0 Å². The van der Waals surface area contributed by atoms with E-state index in [9.17, 15) is 0 Å². The van der Waals surface area contributed by atoms with Gasteiger partial charge in [-0.05, 0) is 104 Å². The summed E-state index contributed by atoms with van der Waals surface area (Å²) in [6.45, 7) is 0. The van der Waals surface area contributed by atoms with Crippen molar-refractivity contribution in [2.45, 2.75) is 0 Å². The van der Waals surface area contributed by atoms with Crippen LogP contribution in [0.25, 0.3) is 106 Å². The largest absolute Gasteiger partial charge is 0.294 e. The van der Waals surface area contributed by atoms with Gasteiger partial charge in [0.2, 0.25) is 0 Å². The van der Waals surface area contributed by atoms with Gasteiger partial charge in [0, 0.05) is 22.2 Å². The Labute approximate surface area is 355 Å². The highest BCUT2D eigenvalue weighted by atomic mass is 15.1. The molecule has 0 amide bonds. The second kappa shape index (κ2) is 15.6. The lowest BCUT2D eigenvalue weighted by Crippen LogP contribution is -1.99. The highest BCUT2D eigenvalue weighted by molar-refractivity contribution is 6.14. The first kappa shape index (κ1) is 36.0. The minimum absolute atomic E-state index is 0.674. The van der Waals surface area contributed by atoms with E-state index in [-0.39, 0.29) is 0 Å². The first-order chi connectivity index (χ1) is 30.2. The van der Waals surface area contributed by atoms with Crippen molar-refractivity contribution in [1.29, 1.82) is 0 Å². The zero-order valence-electron chi connectivity index (χ0n) is 33.4. The number of benzene rings is 9. The lowest BCUT2D eigenvalue weighted by Gasteiger charge is -2.13. The molecule has 3 heteroatoms. The van der Waals surface area contributed by atoms with Crippen molar-refractivity contribution < 1.29 is 0 Å². The normalized spacial score (nSPS) is 11.3. The SMILES string of the molecule is c1ccc(-c2cccc(-c3cccc(-c4cccc(-c5nc(-c6cccc(-c7cccc(-c8ccccc8)c7)c6)c6c7ccccc7n(-c7ccccc7)c6n5)c4)c3)c2)cc1. The van der Waals surface area contributed by atoms with Crippen molar-refractivity contribution in [2.75, 3.05) is 0 Å². The maximum atomic E-state index is 5.51. The first-order valence-electron chi connectivity index (χ1n) is 20.7. The van der Waals surface area contributed by atoms with Crippen LogP contribution in [0.3, 0.4) is 0 Å². The van der Waals surface area contributed by atoms with E-state index in [1.54, 1.807) is 0 Å². The molecule has 9 aromatic carbocycles. The third-order valence-electron chi connectivity index (χ3n) is 11.6. The van der Waals surface area contributed by atoms with Crippen LogP contribution in [-0.4, -0.2) is 14.5 Å². The van der Waals surface area contributed by atoms with Crippen molar-refractivity contribution in [3.63, 3.8) is 0 Å². The van der Waals surface area contributed by atoms with Crippen LogP contribution in [-0.2, 0) is 0 Å². The number of nitrogens with zero attached hydrogens (tertiary/aromatic N) is 3. The quantitative estimate of drug-likeness (QED) is 0.154. The Morgan fingerprint density at radius 1 is 0.279 bits per heavy atom. The molecule has 0 saturated heterocycles. The van der Waals surface area contributed by atoms with Crippen LogP contribution in [0.1, 0.15) is 0 Å². The van der Waals surface area contributed by atoms with Gasteiger partial charge in [0.05, 0.1) is 16.6 Å². The van der Waals surface area contributed by atoms with Gasteiger partial charge >= 0.3 is 0 Å². The number of aromatic nitrogens is 3. The smallest absolute Gasteiger partial charge is 0.162 e. The third-order valence-corrected chi connectivity index (χ3v) is 11.6. The Bertz CT molecular complexity index is 3350. The topological polar surface area (TPSA) is 30.7 Å². The molecule has 0 N–H and O–H groups in total. The Morgan fingerprint density at radius 3 is 1.15 bits per heavy atom. The molecule has 0 fully saturated rings. The lowest BCUT2D eigenvalue weighted by atomic mass is 9.95. The number of rotatable bonds is 8. The van der Waals surface area contributed by atoms with E-state index < -0.39 is 0 Å². The molecule has 0 bridgehead atoms. The number of fused-ring (bicyclic) bond motifs is 3. The predicted molar refractivity (Wildman–Crippen MR) is 254 cm³/mol. The van der Waals surface area contributed by atoms with E-state index in [1.165, 1.54) is 33.4 Å². The second-order valence-electron chi connectivity index (χ2n) is 15.4. The van der Waals surface area contributed by atoms with Gasteiger partial charge in [-0.2, -0.15) is 0 Å². The molecular weight excluding hydrogens is 739 g/mol. The molecule has 2 aromatic heterocycles. The predicted octanol–water partition coefficient (Wildman–Crippen LogP) is 15.2.